The van der Waals surface area contributed by atoms with Crippen LogP contribution in [-0.4, -0.2) is 52.5 Å². The summed E-state index contributed by atoms with van der Waals surface area (Å²) in [5, 5.41) is 1.15. The molecule has 0 aliphatic carbocycles. The Bertz CT molecular complexity index is 955. The quantitative estimate of drug-likeness (QED) is 0.780. The summed E-state index contributed by atoms with van der Waals surface area (Å²) in [4.78, 5) is 27.7. The van der Waals surface area contributed by atoms with Gasteiger partial charge in [-0.15, -0.1) is 0 Å². The minimum absolute atomic E-state index is 0.0385. The number of aromatic nitrogens is 2. The minimum atomic E-state index is -0.0780. The summed E-state index contributed by atoms with van der Waals surface area (Å²) in [5.74, 6) is 1.92. The molecule has 2 fully saturated rings. The van der Waals surface area contributed by atoms with Crippen LogP contribution < -0.4 is 15.5 Å². The molecule has 0 bridgehead atoms. The molecule has 7 nitrogen and oxygen atoms in total. The van der Waals surface area contributed by atoms with Gasteiger partial charge in [0.2, 0.25) is 5.91 Å². The first-order valence-corrected chi connectivity index (χ1v) is 11.1. The molecular formula is C21H24Cl2N6O. The van der Waals surface area contributed by atoms with Crippen LogP contribution in [0.3, 0.4) is 0 Å². The van der Waals surface area contributed by atoms with Crippen LogP contribution in [0, 0.1) is 0 Å². The third kappa shape index (κ3) is 3.59. The van der Waals surface area contributed by atoms with E-state index >= 15 is 0 Å². The van der Waals surface area contributed by atoms with Crippen LogP contribution >= 0.6 is 23.2 Å². The van der Waals surface area contributed by atoms with E-state index in [1.54, 1.807) is 6.33 Å². The first-order chi connectivity index (χ1) is 14.5. The molecule has 2 aromatic rings. The third-order valence-corrected chi connectivity index (χ3v) is 7.07. The smallest absolute Gasteiger partial charge is 0.222 e. The molecule has 9 heteroatoms. The largest absolute Gasteiger partial charge is 0.353 e. The number of nitrogens with zero attached hydrogens (tertiary/aromatic N) is 5. The van der Waals surface area contributed by atoms with Crippen LogP contribution in [0.4, 0.5) is 11.6 Å². The first-order valence-electron chi connectivity index (χ1n) is 10.3. The Morgan fingerprint density at radius 3 is 2.27 bits per heavy atom. The van der Waals surface area contributed by atoms with Crippen molar-refractivity contribution in [2.75, 3.05) is 29.4 Å². The van der Waals surface area contributed by atoms with Crippen LogP contribution in [-0.2, 0) is 17.9 Å². The highest BCUT2D eigenvalue weighted by molar-refractivity contribution is 6.42. The molecular weight excluding hydrogens is 423 g/mol. The molecule has 3 aliphatic rings. The topological polar surface area (TPSA) is 78.6 Å². The Morgan fingerprint density at radius 1 is 0.933 bits per heavy atom. The van der Waals surface area contributed by atoms with Crippen molar-refractivity contribution >= 4 is 40.7 Å². The maximum Gasteiger partial charge on any atom is 0.222 e. The van der Waals surface area contributed by atoms with Crippen molar-refractivity contribution in [3.8, 4) is 0 Å². The number of halogens is 2. The molecule has 30 heavy (non-hydrogen) atoms. The Kier molecular flexibility index (Phi) is 5.21. The summed E-state index contributed by atoms with van der Waals surface area (Å²) in [5.41, 5.74) is 8.76. The summed E-state index contributed by atoms with van der Waals surface area (Å²) in [6.07, 6.45) is 4.25. The van der Waals surface area contributed by atoms with E-state index in [9.17, 15) is 4.79 Å². The summed E-state index contributed by atoms with van der Waals surface area (Å²) in [6, 6.07) is 5.83. The van der Waals surface area contributed by atoms with Crippen molar-refractivity contribution in [3.63, 3.8) is 0 Å². The molecule has 0 unspecified atom stereocenters. The van der Waals surface area contributed by atoms with Gasteiger partial charge >= 0.3 is 0 Å². The maximum absolute atomic E-state index is 12.4. The number of hydrogen-bond donors (Lipinski definition) is 1. The van der Waals surface area contributed by atoms with E-state index in [2.05, 4.69) is 19.8 Å². The number of rotatable bonds is 3. The fraction of sp³-hybridized carbons (Fsp3) is 0.476. The molecule has 2 N–H and O–H groups in total. The van der Waals surface area contributed by atoms with Crippen LogP contribution in [0.25, 0.3) is 0 Å². The fourth-order valence-electron chi connectivity index (χ4n) is 4.74. The summed E-state index contributed by atoms with van der Waals surface area (Å²) >= 11 is 12.4. The van der Waals surface area contributed by atoms with E-state index in [1.807, 2.05) is 23.1 Å². The van der Waals surface area contributed by atoms with E-state index in [4.69, 9.17) is 28.9 Å². The second-order valence-corrected chi connectivity index (χ2v) is 9.12. The number of hydrogen-bond acceptors (Lipinski definition) is 6. The highest BCUT2D eigenvalue weighted by Crippen LogP contribution is 2.34. The number of piperidine rings is 1. The molecule has 1 aromatic heterocycles. The number of benzene rings is 1. The van der Waals surface area contributed by atoms with Gasteiger partial charge in [-0.3, -0.25) is 4.79 Å². The lowest BCUT2D eigenvalue weighted by Gasteiger charge is -2.34. The highest BCUT2D eigenvalue weighted by atomic mass is 35.5. The van der Waals surface area contributed by atoms with Gasteiger partial charge in [-0.2, -0.15) is 0 Å². The number of likely N-dealkylation sites (tertiary alicyclic amines) is 1. The maximum atomic E-state index is 12.4. The van der Waals surface area contributed by atoms with Gasteiger partial charge in [0, 0.05) is 51.3 Å². The van der Waals surface area contributed by atoms with E-state index in [0.717, 1.165) is 55.2 Å². The molecule has 2 saturated heterocycles. The molecule has 5 rings (SSSR count). The van der Waals surface area contributed by atoms with Gasteiger partial charge in [0.1, 0.15) is 18.0 Å². The van der Waals surface area contributed by atoms with Crippen molar-refractivity contribution < 1.29 is 4.79 Å². The van der Waals surface area contributed by atoms with Crippen LogP contribution in [0.1, 0.15) is 30.4 Å². The lowest BCUT2D eigenvalue weighted by atomic mass is 10.1. The van der Waals surface area contributed by atoms with Gasteiger partial charge in [-0.25, -0.2) is 9.97 Å². The molecule has 1 aromatic carbocycles. The van der Waals surface area contributed by atoms with Crippen LogP contribution in [0.5, 0.6) is 0 Å². The van der Waals surface area contributed by atoms with Crippen LogP contribution in [0.2, 0.25) is 10.0 Å². The lowest BCUT2D eigenvalue weighted by molar-refractivity contribution is -0.135. The van der Waals surface area contributed by atoms with E-state index in [-0.39, 0.29) is 18.0 Å². The number of carbonyl (C=O) groups excluding carboxylic acids is 1. The predicted octanol–water partition coefficient (Wildman–Crippen LogP) is 2.83. The van der Waals surface area contributed by atoms with Crippen molar-refractivity contribution in [3.05, 3.63) is 45.7 Å². The number of fused-ring (bicyclic) bond motifs is 1. The number of carbonyl (C=O) groups is 1. The van der Waals surface area contributed by atoms with Gasteiger partial charge in [0.15, 0.2) is 0 Å². The second-order valence-electron chi connectivity index (χ2n) is 8.31. The van der Waals surface area contributed by atoms with Crippen molar-refractivity contribution in [2.45, 2.75) is 44.4 Å². The zero-order valence-corrected chi connectivity index (χ0v) is 18.1. The zero-order chi connectivity index (χ0) is 20.8. The molecule has 0 radical (unpaired) electrons. The van der Waals surface area contributed by atoms with E-state index in [1.165, 1.54) is 0 Å². The Hall–Kier alpha value is -2.09. The Morgan fingerprint density at radius 2 is 1.60 bits per heavy atom. The zero-order valence-electron chi connectivity index (χ0n) is 16.6. The summed E-state index contributed by atoms with van der Waals surface area (Å²) in [7, 11) is 0. The van der Waals surface area contributed by atoms with Gasteiger partial charge in [0.05, 0.1) is 16.1 Å². The predicted molar refractivity (Wildman–Crippen MR) is 118 cm³/mol. The lowest BCUT2D eigenvalue weighted by Crippen LogP contribution is -2.51. The molecule has 3 aliphatic heterocycles. The first kappa shape index (κ1) is 19.8. The Balaban J connectivity index is 1.33. The summed E-state index contributed by atoms with van der Waals surface area (Å²) in [6.45, 7) is 3.64. The number of anilines is 2. The van der Waals surface area contributed by atoms with Gasteiger partial charge in [0.25, 0.3) is 0 Å². The van der Waals surface area contributed by atoms with E-state index in [0.29, 0.717) is 29.6 Å². The van der Waals surface area contributed by atoms with Crippen LogP contribution in [0.15, 0.2) is 24.5 Å². The average molecular weight is 447 g/mol. The second kappa shape index (κ2) is 7.87. The molecule has 4 heterocycles. The molecule has 158 valence electrons. The van der Waals surface area contributed by atoms with Crippen molar-refractivity contribution in [2.24, 2.45) is 5.73 Å². The SMILES string of the molecule is N[C@H]1CN(c2cc(N3Cc4cc(Cl)c(Cl)cc4C3)ncn2)C[C@@H]1N1CCCCC1=O. The average Bonchev–Trinajstić information content (AvgIpc) is 3.32. The normalized spacial score (nSPS) is 24.0. The Labute approximate surface area is 185 Å². The summed E-state index contributed by atoms with van der Waals surface area (Å²) < 4.78 is 0. The highest BCUT2D eigenvalue weighted by Gasteiger charge is 2.38. The monoisotopic (exact) mass is 446 g/mol. The third-order valence-electron chi connectivity index (χ3n) is 6.34. The van der Waals surface area contributed by atoms with E-state index < -0.39 is 0 Å². The number of nitrogens with two attached hydrogens (primary N) is 1. The molecule has 1 amide bonds. The van der Waals surface area contributed by atoms with Crippen molar-refractivity contribution in [1.82, 2.24) is 14.9 Å². The molecule has 2 atom stereocenters. The minimum Gasteiger partial charge on any atom is -0.353 e. The van der Waals surface area contributed by atoms with Gasteiger partial charge in [-0.05, 0) is 36.1 Å². The molecule has 0 spiro atoms. The standard InChI is InChI=1S/C21H24Cl2N6O/c22-15-5-13-8-27(9-14(13)6-16(15)23)19-7-20(26-12-25-19)28-10-17(24)18(11-28)29-4-2-1-3-21(29)30/h5-7,12,17-18H,1-4,8-11,24H2/t17-,18-/m0/s1. The fourth-order valence-corrected chi connectivity index (χ4v) is 5.11. The van der Waals surface area contributed by atoms with Gasteiger partial charge < -0.3 is 20.4 Å². The van der Waals surface area contributed by atoms with Gasteiger partial charge in [-0.1, -0.05) is 23.2 Å². The molecule has 0 saturated carbocycles. The van der Waals surface area contributed by atoms with Crippen molar-refractivity contribution in [1.29, 1.82) is 0 Å². The number of amides is 1.